The molecule has 1 aromatic heterocycles. The zero-order chi connectivity index (χ0) is 12.0. The van der Waals surface area contributed by atoms with Gasteiger partial charge < -0.3 is 10.3 Å². The number of unbranched alkanes of at least 4 members (excludes halogenated alkanes) is 1. The van der Waals surface area contributed by atoms with Crippen LogP contribution in [0.15, 0.2) is 17.1 Å². The summed E-state index contributed by atoms with van der Waals surface area (Å²) in [6, 6.07) is 1.42. The Morgan fingerprint density at radius 3 is 2.88 bits per heavy atom. The van der Waals surface area contributed by atoms with Gasteiger partial charge >= 0.3 is 0 Å². The van der Waals surface area contributed by atoms with Crippen LogP contribution in [0.4, 0.5) is 0 Å². The Labute approximate surface area is 103 Å². The van der Waals surface area contributed by atoms with Crippen molar-refractivity contribution in [1.29, 1.82) is 0 Å². The van der Waals surface area contributed by atoms with Gasteiger partial charge in [0, 0.05) is 29.8 Å². The number of pyridine rings is 1. The fraction of sp³-hybridized carbons (Fsp3) is 0.455. The molecule has 0 aliphatic heterocycles. The summed E-state index contributed by atoms with van der Waals surface area (Å²) in [6.07, 6.45) is 3.36. The zero-order valence-electron chi connectivity index (χ0n) is 9.18. The molecule has 1 heterocycles. The van der Waals surface area contributed by atoms with Crippen LogP contribution in [0.25, 0.3) is 0 Å². The molecular weight excluding hydrogens is 272 g/mol. The second-order valence-electron chi connectivity index (χ2n) is 3.55. The molecule has 5 heteroatoms. The lowest BCUT2D eigenvalue weighted by molar-refractivity contribution is 0.0952. The molecule has 0 aromatic carbocycles. The molecule has 0 saturated carbocycles. The highest BCUT2D eigenvalue weighted by Crippen LogP contribution is 1.94. The minimum absolute atomic E-state index is 0.171. The van der Waals surface area contributed by atoms with Gasteiger partial charge in [-0.05, 0) is 19.8 Å². The summed E-state index contributed by atoms with van der Waals surface area (Å²) >= 11 is 3.31. The number of amides is 1. The number of hydrogen-bond donors (Lipinski definition) is 2. The SMILES string of the molecule is Cc1cc(=O)c(C(=O)NCCCCBr)c[nH]1. The van der Waals surface area contributed by atoms with Crippen molar-refractivity contribution in [2.45, 2.75) is 19.8 Å². The number of alkyl halides is 1. The van der Waals surface area contributed by atoms with E-state index in [-0.39, 0.29) is 16.9 Å². The molecule has 16 heavy (non-hydrogen) atoms. The smallest absolute Gasteiger partial charge is 0.256 e. The van der Waals surface area contributed by atoms with Gasteiger partial charge in [0.25, 0.3) is 5.91 Å². The monoisotopic (exact) mass is 286 g/mol. The maximum atomic E-state index is 11.6. The Morgan fingerprint density at radius 2 is 2.25 bits per heavy atom. The molecular formula is C11H15BrN2O2. The van der Waals surface area contributed by atoms with Gasteiger partial charge in [0.15, 0.2) is 5.43 Å². The highest BCUT2D eigenvalue weighted by atomic mass is 79.9. The summed E-state index contributed by atoms with van der Waals surface area (Å²) < 4.78 is 0. The number of H-pyrrole nitrogens is 1. The van der Waals surface area contributed by atoms with Crippen molar-refractivity contribution < 1.29 is 4.79 Å². The van der Waals surface area contributed by atoms with Crippen molar-refractivity contribution in [2.75, 3.05) is 11.9 Å². The minimum atomic E-state index is -0.309. The molecule has 4 nitrogen and oxygen atoms in total. The quantitative estimate of drug-likeness (QED) is 0.638. The lowest BCUT2D eigenvalue weighted by Crippen LogP contribution is -2.29. The number of aryl methyl sites for hydroxylation is 1. The van der Waals surface area contributed by atoms with Crippen LogP contribution in [0, 0.1) is 6.92 Å². The molecule has 0 atom stereocenters. The summed E-state index contributed by atoms with van der Waals surface area (Å²) in [6.45, 7) is 2.37. The number of aromatic nitrogens is 1. The van der Waals surface area contributed by atoms with Gasteiger partial charge in [-0.2, -0.15) is 0 Å². The molecule has 0 bridgehead atoms. The van der Waals surface area contributed by atoms with Crippen molar-refractivity contribution in [1.82, 2.24) is 10.3 Å². The van der Waals surface area contributed by atoms with Crippen LogP contribution in [0.1, 0.15) is 28.9 Å². The van der Waals surface area contributed by atoms with E-state index in [0.29, 0.717) is 6.54 Å². The third-order valence-corrected chi connectivity index (χ3v) is 2.71. The van der Waals surface area contributed by atoms with E-state index in [9.17, 15) is 9.59 Å². The molecule has 88 valence electrons. The zero-order valence-corrected chi connectivity index (χ0v) is 10.8. The van der Waals surface area contributed by atoms with Gasteiger partial charge in [-0.1, -0.05) is 15.9 Å². The van der Waals surface area contributed by atoms with Gasteiger partial charge in [0.1, 0.15) is 5.56 Å². The molecule has 0 unspecified atom stereocenters. The van der Waals surface area contributed by atoms with E-state index in [1.165, 1.54) is 12.3 Å². The lowest BCUT2D eigenvalue weighted by atomic mass is 10.2. The molecule has 1 rings (SSSR count). The first-order valence-electron chi connectivity index (χ1n) is 5.18. The maximum absolute atomic E-state index is 11.6. The highest BCUT2D eigenvalue weighted by molar-refractivity contribution is 9.09. The number of aromatic amines is 1. The molecule has 0 aliphatic carbocycles. The fourth-order valence-electron chi connectivity index (χ4n) is 1.27. The standard InChI is InChI=1S/C11H15BrN2O2/c1-8-6-10(15)9(7-14-8)11(16)13-5-3-2-4-12/h6-7H,2-5H2,1H3,(H,13,16)(H,14,15). The van der Waals surface area contributed by atoms with E-state index in [4.69, 9.17) is 0 Å². The van der Waals surface area contributed by atoms with E-state index >= 15 is 0 Å². The number of nitrogens with one attached hydrogen (secondary N) is 2. The molecule has 0 radical (unpaired) electrons. The van der Waals surface area contributed by atoms with Crippen LogP contribution in [0.3, 0.4) is 0 Å². The number of carbonyl (C=O) groups excluding carboxylic acids is 1. The molecule has 0 aliphatic rings. The Balaban J connectivity index is 2.56. The minimum Gasteiger partial charge on any atom is -0.364 e. The summed E-state index contributed by atoms with van der Waals surface area (Å²) in [5, 5.41) is 3.64. The van der Waals surface area contributed by atoms with Gasteiger partial charge in [-0.15, -0.1) is 0 Å². The van der Waals surface area contributed by atoms with Crippen LogP contribution < -0.4 is 10.7 Å². The van der Waals surface area contributed by atoms with Gasteiger partial charge in [-0.3, -0.25) is 9.59 Å². The summed E-state index contributed by atoms with van der Waals surface area (Å²) in [5.74, 6) is -0.309. The molecule has 1 amide bonds. The van der Waals surface area contributed by atoms with Gasteiger partial charge in [-0.25, -0.2) is 0 Å². The van der Waals surface area contributed by atoms with Crippen LogP contribution in [0.5, 0.6) is 0 Å². The van der Waals surface area contributed by atoms with Crippen LogP contribution in [-0.2, 0) is 0 Å². The molecule has 1 aromatic rings. The second-order valence-corrected chi connectivity index (χ2v) is 4.34. The van der Waals surface area contributed by atoms with Gasteiger partial charge in [0.2, 0.25) is 0 Å². The van der Waals surface area contributed by atoms with Crippen LogP contribution >= 0.6 is 15.9 Å². The van der Waals surface area contributed by atoms with Crippen molar-refractivity contribution in [2.24, 2.45) is 0 Å². The predicted molar refractivity (Wildman–Crippen MR) is 67.2 cm³/mol. The number of rotatable bonds is 5. The average Bonchev–Trinajstić information content (AvgIpc) is 2.24. The summed E-state index contributed by atoms with van der Waals surface area (Å²) in [5.41, 5.74) is 0.680. The van der Waals surface area contributed by atoms with E-state index in [2.05, 4.69) is 26.2 Å². The first-order chi connectivity index (χ1) is 7.65. The number of carbonyl (C=O) groups is 1. The Bertz CT molecular complexity index is 415. The number of hydrogen-bond acceptors (Lipinski definition) is 2. The topological polar surface area (TPSA) is 62.0 Å². The molecule has 0 spiro atoms. The second kappa shape index (κ2) is 6.48. The average molecular weight is 287 g/mol. The Hall–Kier alpha value is -1.10. The molecule has 0 fully saturated rings. The van der Waals surface area contributed by atoms with Crippen molar-refractivity contribution in [3.8, 4) is 0 Å². The third kappa shape index (κ3) is 3.81. The normalized spacial score (nSPS) is 10.1. The predicted octanol–water partition coefficient (Wildman–Crippen LogP) is 1.59. The third-order valence-electron chi connectivity index (χ3n) is 2.15. The lowest BCUT2D eigenvalue weighted by Gasteiger charge is -2.04. The van der Waals surface area contributed by atoms with Crippen LogP contribution in [-0.4, -0.2) is 22.8 Å². The Morgan fingerprint density at radius 1 is 1.50 bits per heavy atom. The van der Waals surface area contributed by atoms with E-state index in [1.807, 2.05) is 0 Å². The summed E-state index contributed by atoms with van der Waals surface area (Å²) in [4.78, 5) is 25.9. The molecule has 2 N–H and O–H groups in total. The van der Waals surface area contributed by atoms with Gasteiger partial charge in [0.05, 0.1) is 0 Å². The highest BCUT2D eigenvalue weighted by Gasteiger charge is 2.08. The fourth-order valence-corrected chi connectivity index (χ4v) is 1.66. The van der Waals surface area contributed by atoms with E-state index in [0.717, 1.165) is 23.9 Å². The van der Waals surface area contributed by atoms with Crippen LogP contribution in [0.2, 0.25) is 0 Å². The van der Waals surface area contributed by atoms with Crippen molar-refractivity contribution >= 4 is 21.8 Å². The van der Waals surface area contributed by atoms with Crippen molar-refractivity contribution in [3.63, 3.8) is 0 Å². The molecule has 0 saturated heterocycles. The maximum Gasteiger partial charge on any atom is 0.256 e. The summed E-state index contributed by atoms with van der Waals surface area (Å²) in [7, 11) is 0. The first kappa shape index (κ1) is 13.0. The van der Waals surface area contributed by atoms with Crippen molar-refractivity contribution in [3.05, 3.63) is 33.7 Å². The van der Waals surface area contributed by atoms with E-state index < -0.39 is 0 Å². The largest absolute Gasteiger partial charge is 0.364 e. The first-order valence-corrected chi connectivity index (χ1v) is 6.31. The number of halogens is 1. The Kier molecular flexibility index (Phi) is 5.25. The van der Waals surface area contributed by atoms with E-state index in [1.54, 1.807) is 6.92 Å².